The SMILES string of the molecule is CCC(C)C(NC(=O)Nc1cc(C(F)(F)F)cc(C(F)(F)F)c1)C(=O)NCCC(c1ccccc1)c1ccccc1. The highest BCUT2D eigenvalue weighted by Crippen LogP contribution is 2.37. The monoisotopic (exact) mass is 579 g/mol. The first-order valence-electron chi connectivity index (χ1n) is 13.0. The predicted octanol–water partition coefficient (Wildman–Crippen LogP) is 7.60. The molecule has 5 nitrogen and oxygen atoms in total. The number of benzene rings is 3. The molecular formula is C30H31F6N3O2. The first kappa shape index (κ1) is 31.5. The molecule has 0 spiro atoms. The molecule has 0 aliphatic rings. The van der Waals surface area contributed by atoms with Crippen LogP contribution in [0.3, 0.4) is 0 Å². The van der Waals surface area contributed by atoms with Gasteiger partial charge < -0.3 is 16.0 Å². The molecule has 0 fully saturated rings. The maximum atomic E-state index is 13.2. The molecule has 3 N–H and O–H groups in total. The van der Waals surface area contributed by atoms with Crippen molar-refractivity contribution in [3.8, 4) is 0 Å². The Kier molecular flexibility index (Phi) is 10.4. The van der Waals surface area contributed by atoms with Crippen molar-refractivity contribution in [3.63, 3.8) is 0 Å². The molecule has 3 aromatic carbocycles. The van der Waals surface area contributed by atoms with E-state index in [-0.39, 0.29) is 24.4 Å². The zero-order valence-electron chi connectivity index (χ0n) is 22.4. The molecule has 0 aromatic heterocycles. The van der Waals surface area contributed by atoms with Gasteiger partial charge in [-0.1, -0.05) is 80.9 Å². The number of halogens is 6. The van der Waals surface area contributed by atoms with E-state index in [2.05, 4.69) is 10.6 Å². The van der Waals surface area contributed by atoms with E-state index < -0.39 is 47.1 Å². The number of carbonyl (C=O) groups is 2. The smallest absolute Gasteiger partial charge is 0.354 e. The van der Waals surface area contributed by atoms with Gasteiger partial charge in [-0.2, -0.15) is 26.3 Å². The second-order valence-corrected chi connectivity index (χ2v) is 9.71. The highest BCUT2D eigenvalue weighted by Gasteiger charge is 2.37. The lowest BCUT2D eigenvalue weighted by Crippen LogP contribution is -2.51. The van der Waals surface area contributed by atoms with E-state index in [0.717, 1.165) is 11.1 Å². The Morgan fingerprint density at radius 2 is 1.27 bits per heavy atom. The number of carbonyl (C=O) groups excluding carboxylic acids is 2. The lowest BCUT2D eigenvalue weighted by Gasteiger charge is -2.25. The van der Waals surface area contributed by atoms with Gasteiger partial charge in [0.2, 0.25) is 5.91 Å². The summed E-state index contributed by atoms with van der Waals surface area (Å²) in [4.78, 5) is 25.8. The standard InChI is InChI=1S/C30H31F6N3O2/c1-3-19(2)26(39-28(41)38-24-17-22(29(31,32)33)16-23(18-24)30(34,35)36)27(40)37-15-14-25(20-10-6-4-7-11-20)21-12-8-5-9-13-21/h4-13,16-19,25-26H,3,14-15H2,1-2H3,(H,37,40)(H2,38,39,41). The van der Waals surface area contributed by atoms with Crippen molar-refractivity contribution in [2.45, 2.75) is 51.0 Å². The van der Waals surface area contributed by atoms with Gasteiger partial charge in [0.15, 0.2) is 0 Å². The molecule has 11 heteroatoms. The Morgan fingerprint density at radius 1 is 0.780 bits per heavy atom. The number of hydrogen-bond donors (Lipinski definition) is 3. The molecule has 2 atom stereocenters. The third kappa shape index (κ3) is 8.99. The third-order valence-corrected chi connectivity index (χ3v) is 6.76. The van der Waals surface area contributed by atoms with E-state index in [1.807, 2.05) is 66.0 Å². The molecule has 2 unspecified atom stereocenters. The number of urea groups is 1. The van der Waals surface area contributed by atoms with E-state index >= 15 is 0 Å². The number of hydrogen-bond acceptors (Lipinski definition) is 2. The predicted molar refractivity (Wildman–Crippen MR) is 144 cm³/mol. The maximum absolute atomic E-state index is 13.2. The first-order valence-corrected chi connectivity index (χ1v) is 13.0. The molecular weight excluding hydrogens is 548 g/mol. The normalized spacial score (nSPS) is 13.4. The summed E-state index contributed by atoms with van der Waals surface area (Å²) in [7, 11) is 0. The molecule has 0 saturated heterocycles. The average Bonchev–Trinajstić information content (AvgIpc) is 2.93. The van der Waals surface area contributed by atoms with Crippen LogP contribution in [0.25, 0.3) is 0 Å². The van der Waals surface area contributed by atoms with Crippen molar-refractivity contribution < 1.29 is 35.9 Å². The van der Waals surface area contributed by atoms with E-state index in [0.29, 0.717) is 25.0 Å². The largest absolute Gasteiger partial charge is 0.416 e. The summed E-state index contributed by atoms with van der Waals surface area (Å²) in [5.74, 6) is -0.916. The second kappa shape index (κ2) is 13.6. The molecule has 0 bridgehead atoms. The number of amides is 3. The van der Waals surface area contributed by atoms with E-state index in [1.54, 1.807) is 13.8 Å². The molecule has 0 radical (unpaired) electrons. The van der Waals surface area contributed by atoms with Crippen molar-refractivity contribution in [1.29, 1.82) is 0 Å². The van der Waals surface area contributed by atoms with E-state index in [9.17, 15) is 35.9 Å². The summed E-state index contributed by atoms with van der Waals surface area (Å²) in [5.41, 5.74) is -1.72. The van der Waals surface area contributed by atoms with Crippen LogP contribution in [0.1, 0.15) is 54.9 Å². The van der Waals surface area contributed by atoms with Crippen molar-refractivity contribution in [3.05, 3.63) is 101 Å². The number of nitrogens with one attached hydrogen (secondary N) is 3. The average molecular weight is 580 g/mol. The van der Waals surface area contributed by atoms with Crippen LogP contribution in [0, 0.1) is 5.92 Å². The summed E-state index contributed by atoms with van der Waals surface area (Å²) < 4.78 is 79.1. The molecule has 3 aromatic rings. The number of rotatable bonds is 10. The van der Waals surface area contributed by atoms with Crippen LogP contribution in [0.5, 0.6) is 0 Å². The van der Waals surface area contributed by atoms with Gasteiger partial charge in [-0.25, -0.2) is 4.79 Å². The molecule has 220 valence electrons. The van der Waals surface area contributed by atoms with E-state index in [1.165, 1.54) is 0 Å². The summed E-state index contributed by atoms with van der Waals surface area (Å²) >= 11 is 0. The topological polar surface area (TPSA) is 70.2 Å². The third-order valence-electron chi connectivity index (χ3n) is 6.76. The van der Waals surface area contributed by atoms with Gasteiger partial charge in [-0.05, 0) is 41.7 Å². The van der Waals surface area contributed by atoms with Gasteiger partial charge in [-0.15, -0.1) is 0 Å². The highest BCUT2D eigenvalue weighted by atomic mass is 19.4. The molecule has 0 aliphatic heterocycles. The second-order valence-electron chi connectivity index (χ2n) is 9.71. The molecule has 0 saturated carbocycles. The van der Waals surface area contributed by atoms with Crippen molar-refractivity contribution in [2.24, 2.45) is 5.92 Å². The molecule has 0 heterocycles. The van der Waals surface area contributed by atoms with Gasteiger partial charge >= 0.3 is 18.4 Å². The van der Waals surface area contributed by atoms with Crippen LogP contribution in [-0.4, -0.2) is 24.5 Å². The maximum Gasteiger partial charge on any atom is 0.416 e. The Bertz CT molecular complexity index is 1230. The Hall–Kier alpha value is -4.02. The zero-order valence-corrected chi connectivity index (χ0v) is 22.4. The van der Waals surface area contributed by atoms with Crippen LogP contribution in [0.2, 0.25) is 0 Å². The fourth-order valence-corrected chi connectivity index (χ4v) is 4.38. The van der Waals surface area contributed by atoms with Gasteiger partial charge in [0.1, 0.15) is 6.04 Å². The highest BCUT2D eigenvalue weighted by molar-refractivity contribution is 5.94. The van der Waals surface area contributed by atoms with Crippen molar-refractivity contribution in [1.82, 2.24) is 10.6 Å². The first-order chi connectivity index (χ1) is 19.3. The van der Waals surface area contributed by atoms with Crippen molar-refractivity contribution >= 4 is 17.6 Å². The van der Waals surface area contributed by atoms with Crippen molar-refractivity contribution in [2.75, 3.05) is 11.9 Å². The Morgan fingerprint density at radius 3 is 1.71 bits per heavy atom. The minimum Gasteiger partial charge on any atom is -0.354 e. The molecule has 3 amide bonds. The number of anilines is 1. The Labute approximate surface area is 234 Å². The fraction of sp³-hybridized carbons (Fsp3) is 0.333. The van der Waals surface area contributed by atoms with Gasteiger partial charge in [0, 0.05) is 18.2 Å². The minimum atomic E-state index is -5.06. The summed E-state index contributed by atoms with van der Waals surface area (Å²) in [6.07, 6.45) is -9.12. The van der Waals surface area contributed by atoms with Gasteiger partial charge in [0.05, 0.1) is 11.1 Å². The summed E-state index contributed by atoms with van der Waals surface area (Å²) in [5, 5.41) is 7.24. The van der Waals surface area contributed by atoms with E-state index in [4.69, 9.17) is 0 Å². The lowest BCUT2D eigenvalue weighted by atomic mass is 9.88. The Balaban J connectivity index is 1.71. The quantitative estimate of drug-likeness (QED) is 0.217. The van der Waals surface area contributed by atoms with Gasteiger partial charge in [0.25, 0.3) is 0 Å². The summed E-state index contributed by atoms with van der Waals surface area (Å²) in [6.45, 7) is 3.74. The van der Waals surface area contributed by atoms with Crippen LogP contribution >= 0.6 is 0 Å². The lowest BCUT2D eigenvalue weighted by molar-refractivity contribution is -0.143. The van der Waals surface area contributed by atoms with Crippen LogP contribution in [0.4, 0.5) is 36.8 Å². The minimum absolute atomic E-state index is 0.0141. The van der Waals surface area contributed by atoms with Crippen LogP contribution in [0.15, 0.2) is 78.9 Å². The van der Waals surface area contributed by atoms with Gasteiger partial charge in [-0.3, -0.25) is 4.79 Å². The zero-order chi connectivity index (χ0) is 30.2. The molecule has 0 aliphatic carbocycles. The van der Waals surface area contributed by atoms with Crippen LogP contribution < -0.4 is 16.0 Å². The summed E-state index contributed by atoms with van der Waals surface area (Å²) in [6, 6.07) is 18.1. The number of alkyl halides is 6. The van der Waals surface area contributed by atoms with Crippen LogP contribution in [-0.2, 0) is 17.1 Å². The molecule has 41 heavy (non-hydrogen) atoms. The fourth-order valence-electron chi connectivity index (χ4n) is 4.38. The molecule has 3 rings (SSSR count).